The molecule has 1 fully saturated rings. The molecule has 0 radical (unpaired) electrons. The molecule has 2 rings (SSSR count). The van der Waals surface area contributed by atoms with E-state index in [2.05, 4.69) is 0 Å². The van der Waals surface area contributed by atoms with Crippen LogP contribution in [0.15, 0.2) is 18.2 Å². The molecule has 0 bridgehead atoms. The summed E-state index contributed by atoms with van der Waals surface area (Å²) in [6.07, 6.45) is 2.39. The van der Waals surface area contributed by atoms with Crippen molar-refractivity contribution in [3.05, 3.63) is 35.1 Å². The number of rotatable bonds is 5. The van der Waals surface area contributed by atoms with Gasteiger partial charge < -0.3 is 15.2 Å². The van der Waals surface area contributed by atoms with Crippen molar-refractivity contribution in [2.75, 3.05) is 13.2 Å². The summed E-state index contributed by atoms with van der Waals surface area (Å²) in [6.45, 7) is 2.23. The van der Waals surface area contributed by atoms with Crippen LogP contribution in [0.25, 0.3) is 0 Å². The fourth-order valence-corrected chi connectivity index (χ4v) is 2.00. The molecule has 0 aliphatic carbocycles. The molecule has 0 amide bonds. The average molecular weight is 239 g/mol. The summed E-state index contributed by atoms with van der Waals surface area (Å²) in [7, 11) is 0. The van der Waals surface area contributed by atoms with Crippen molar-refractivity contribution in [1.29, 1.82) is 0 Å². The van der Waals surface area contributed by atoms with Crippen molar-refractivity contribution in [3.8, 4) is 0 Å². The number of nitrogens with two attached hydrogens (primary N) is 1. The van der Waals surface area contributed by atoms with E-state index in [1.54, 1.807) is 6.07 Å². The van der Waals surface area contributed by atoms with Crippen LogP contribution in [0, 0.1) is 5.82 Å². The fourth-order valence-electron chi connectivity index (χ4n) is 2.00. The van der Waals surface area contributed by atoms with Crippen molar-refractivity contribution >= 4 is 0 Å². The maximum Gasteiger partial charge on any atom is 0.123 e. The van der Waals surface area contributed by atoms with Gasteiger partial charge >= 0.3 is 0 Å². The Morgan fingerprint density at radius 1 is 1.41 bits per heavy atom. The van der Waals surface area contributed by atoms with Crippen LogP contribution in [0.5, 0.6) is 0 Å². The lowest BCUT2D eigenvalue weighted by Gasteiger charge is -2.12. The highest BCUT2D eigenvalue weighted by molar-refractivity contribution is 5.27. The van der Waals surface area contributed by atoms with E-state index in [1.807, 2.05) is 0 Å². The first-order valence-corrected chi connectivity index (χ1v) is 5.96. The van der Waals surface area contributed by atoms with Crippen molar-refractivity contribution in [1.82, 2.24) is 0 Å². The van der Waals surface area contributed by atoms with Gasteiger partial charge in [0, 0.05) is 13.2 Å². The van der Waals surface area contributed by atoms with E-state index in [1.165, 1.54) is 12.1 Å². The Balaban J connectivity index is 1.85. The Hall–Kier alpha value is -0.970. The molecule has 1 aliphatic rings. The second-order valence-corrected chi connectivity index (χ2v) is 4.27. The number of halogens is 1. The molecule has 1 aliphatic heterocycles. The average Bonchev–Trinajstić information content (AvgIpc) is 2.84. The normalized spacial score (nSPS) is 19.8. The van der Waals surface area contributed by atoms with Gasteiger partial charge in [0.05, 0.1) is 19.3 Å². The van der Waals surface area contributed by atoms with Gasteiger partial charge in [0.15, 0.2) is 0 Å². The Morgan fingerprint density at radius 3 is 3.00 bits per heavy atom. The molecule has 0 saturated carbocycles. The van der Waals surface area contributed by atoms with E-state index in [0.29, 0.717) is 19.8 Å². The molecular formula is C13H18FNO2. The van der Waals surface area contributed by atoms with Crippen LogP contribution in [-0.4, -0.2) is 19.3 Å². The topological polar surface area (TPSA) is 44.5 Å². The molecule has 0 aromatic heterocycles. The van der Waals surface area contributed by atoms with Crippen LogP contribution < -0.4 is 5.73 Å². The molecule has 0 spiro atoms. The van der Waals surface area contributed by atoms with Crippen LogP contribution >= 0.6 is 0 Å². The largest absolute Gasteiger partial charge is 0.376 e. The van der Waals surface area contributed by atoms with Crippen molar-refractivity contribution in [2.45, 2.75) is 32.1 Å². The number of hydrogen-bond donors (Lipinski definition) is 1. The Bertz CT molecular complexity index is 364. The molecule has 1 unspecified atom stereocenters. The van der Waals surface area contributed by atoms with E-state index in [4.69, 9.17) is 15.2 Å². The van der Waals surface area contributed by atoms with Crippen LogP contribution in [0.3, 0.4) is 0 Å². The van der Waals surface area contributed by atoms with Gasteiger partial charge in [0.25, 0.3) is 0 Å². The van der Waals surface area contributed by atoms with Gasteiger partial charge in [-0.2, -0.15) is 0 Å². The third kappa shape index (κ3) is 3.49. The van der Waals surface area contributed by atoms with Gasteiger partial charge in [-0.15, -0.1) is 0 Å². The number of hydrogen-bond acceptors (Lipinski definition) is 3. The Kier molecular flexibility index (Phi) is 4.48. The van der Waals surface area contributed by atoms with E-state index < -0.39 is 0 Å². The van der Waals surface area contributed by atoms with Crippen LogP contribution in [-0.2, 0) is 22.6 Å². The predicted octanol–water partition coefficient (Wildman–Crippen LogP) is 1.98. The first kappa shape index (κ1) is 12.5. The highest BCUT2D eigenvalue weighted by Gasteiger charge is 2.15. The summed E-state index contributed by atoms with van der Waals surface area (Å²) in [4.78, 5) is 0. The molecule has 1 aromatic rings. The second-order valence-electron chi connectivity index (χ2n) is 4.27. The van der Waals surface area contributed by atoms with Crippen LogP contribution in [0.1, 0.15) is 24.0 Å². The molecule has 3 nitrogen and oxygen atoms in total. The molecule has 4 heteroatoms. The first-order chi connectivity index (χ1) is 8.29. The van der Waals surface area contributed by atoms with Gasteiger partial charge in [-0.1, -0.05) is 6.07 Å². The van der Waals surface area contributed by atoms with Crippen LogP contribution in [0.2, 0.25) is 0 Å². The maximum atomic E-state index is 13.0. The van der Waals surface area contributed by atoms with Crippen molar-refractivity contribution < 1.29 is 13.9 Å². The summed E-state index contributed by atoms with van der Waals surface area (Å²) in [6, 6.07) is 4.63. The SMILES string of the molecule is NCc1cc(F)ccc1COCC1CCCO1. The third-order valence-corrected chi connectivity index (χ3v) is 2.97. The van der Waals surface area contributed by atoms with E-state index in [-0.39, 0.29) is 11.9 Å². The zero-order valence-electron chi connectivity index (χ0n) is 9.82. The van der Waals surface area contributed by atoms with Gasteiger partial charge in [-0.05, 0) is 36.1 Å². The van der Waals surface area contributed by atoms with Crippen molar-refractivity contribution in [3.63, 3.8) is 0 Å². The van der Waals surface area contributed by atoms with Crippen molar-refractivity contribution in [2.24, 2.45) is 5.73 Å². The van der Waals surface area contributed by atoms with Gasteiger partial charge in [0.1, 0.15) is 5.82 Å². The Morgan fingerprint density at radius 2 is 2.29 bits per heavy atom. The highest BCUT2D eigenvalue weighted by atomic mass is 19.1. The lowest BCUT2D eigenvalue weighted by Crippen LogP contribution is -2.14. The lowest BCUT2D eigenvalue weighted by molar-refractivity contribution is 0.0104. The monoisotopic (exact) mass is 239 g/mol. The predicted molar refractivity (Wildman–Crippen MR) is 62.9 cm³/mol. The second kappa shape index (κ2) is 6.10. The molecule has 1 aromatic carbocycles. The smallest absolute Gasteiger partial charge is 0.123 e. The number of ether oxygens (including phenoxy) is 2. The zero-order chi connectivity index (χ0) is 12.1. The van der Waals surface area contributed by atoms with E-state index in [9.17, 15) is 4.39 Å². The molecule has 1 heterocycles. The zero-order valence-corrected chi connectivity index (χ0v) is 9.82. The summed E-state index contributed by atoms with van der Waals surface area (Å²) >= 11 is 0. The first-order valence-electron chi connectivity index (χ1n) is 5.96. The fraction of sp³-hybridized carbons (Fsp3) is 0.538. The lowest BCUT2D eigenvalue weighted by atomic mass is 10.1. The Labute approximate surface area is 101 Å². The minimum atomic E-state index is -0.256. The van der Waals surface area contributed by atoms with Gasteiger partial charge in [0.2, 0.25) is 0 Å². The van der Waals surface area contributed by atoms with Crippen LogP contribution in [0.4, 0.5) is 4.39 Å². The van der Waals surface area contributed by atoms with E-state index >= 15 is 0 Å². The summed E-state index contributed by atoms with van der Waals surface area (Å²) in [5.41, 5.74) is 7.32. The number of benzene rings is 1. The quantitative estimate of drug-likeness (QED) is 0.854. The van der Waals surface area contributed by atoms with Gasteiger partial charge in [-0.3, -0.25) is 0 Å². The maximum absolute atomic E-state index is 13.0. The summed E-state index contributed by atoms with van der Waals surface area (Å²) < 4.78 is 24.0. The highest BCUT2D eigenvalue weighted by Crippen LogP contribution is 2.15. The summed E-state index contributed by atoms with van der Waals surface area (Å²) in [5.74, 6) is -0.256. The molecule has 1 saturated heterocycles. The molecule has 1 atom stereocenters. The van der Waals surface area contributed by atoms with Gasteiger partial charge in [-0.25, -0.2) is 4.39 Å². The minimum Gasteiger partial charge on any atom is -0.376 e. The standard InChI is InChI=1S/C13H18FNO2/c14-12-4-3-10(11(6-12)7-15)8-16-9-13-2-1-5-17-13/h3-4,6,13H,1-2,5,7-9,15H2. The minimum absolute atomic E-state index is 0.219. The third-order valence-electron chi connectivity index (χ3n) is 2.97. The molecule has 17 heavy (non-hydrogen) atoms. The van der Waals surface area contributed by atoms with E-state index in [0.717, 1.165) is 30.6 Å². The molecule has 2 N–H and O–H groups in total. The molecular weight excluding hydrogens is 221 g/mol. The molecule has 94 valence electrons. The summed E-state index contributed by atoms with van der Waals surface area (Å²) in [5, 5.41) is 0.